The van der Waals surface area contributed by atoms with Gasteiger partial charge in [0.1, 0.15) is 0 Å². The Bertz CT molecular complexity index is 515. The van der Waals surface area contributed by atoms with Gasteiger partial charge in [-0.15, -0.1) is 0 Å². The summed E-state index contributed by atoms with van der Waals surface area (Å²) in [6, 6.07) is 6.80. The predicted molar refractivity (Wildman–Crippen MR) is 74.4 cm³/mol. The molecule has 0 amide bonds. The highest BCUT2D eigenvalue weighted by Crippen LogP contribution is 2.34. The van der Waals surface area contributed by atoms with Gasteiger partial charge in [0, 0.05) is 36.5 Å². The van der Waals surface area contributed by atoms with Crippen molar-refractivity contribution < 1.29 is 9.53 Å². The van der Waals surface area contributed by atoms with Crippen LogP contribution in [0.5, 0.6) is 0 Å². The van der Waals surface area contributed by atoms with Gasteiger partial charge in [0.15, 0.2) is 0 Å². The lowest BCUT2D eigenvalue weighted by Crippen LogP contribution is -2.44. The van der Waals surface area contributed by atoms with E-state index < -0.39 is 0 Å². The molecule has 0 saturated carbocycles. The van der Waals surface area contributed by atoms with E-state index in [0.29, 0.717) is 23.3 Å². The predicted octanol–water partition coefficient (Wildman–Crippen LogP) is 0.948. The van der Waals surface area contributed by atoms with Crippen molar-refractivity contribution in [2.75, 3.05) is 37.9 Å². The summed E-state index contributed by atoms with van der Waals surface area (Å²) in [6.45, 7) is 2.11. The fourth-order valence-corrected chi connectivity index (χ4v) is 3.19. The third kappa shape index (κ3) is 1.94. The number of piperazine rings is 1. The molecule has 2 bridgehead atoms. The van der Waals surface area contributed by atoms with Crippen LogP contribution in [0.1, 0.15) is 16.8 Å². The number of hydrogen-bond acceptors (Lipinski definition) is 5. The molecule has 2 aliphatic heterocycles. The molecule has 102 valence electrons. The Labute approximate surface area is 112 Å². The Morgan fingerprint density at radius 2 is 2.16 bits per heavy atom. The van der Waals surface area contributed by atoms with E-state index >= 15 is 0 Å². The average Bonchev–Trinajstić information content (AvgIpc) is 2.97. The van der Waals surface area contributed by atoms with Crippen LogP contribution in [0.4, 0.5) is 11.4 Å². The van der Waals surface area contributed by atoms with E-state index in [0.717, 1.165) is 18.8 Å². The van der Waals surface area contributed by atoms with Crippen molar-refractivity contribution in [1.29, 1.82) is 0 Å². The number of methoxy groups -OCH3 is 1. The monoisotopic (exact) mass is 261 g/mol. The summed E-state index contributed by atoms with van der Waals surface area (Å²) in [5, 5.41) is 0. The number of ether oxygens (including phenoxy) is 1. The summed E-state index contributed by atoms with van der Waals surface area (Å²) < 4.78 is 4.77. The third-order valence-corrected chi connectivity index (χ3v) is 4.29. The molecule has 0 aromatic heterocycles. The van der Waals surface area contributed by atoms with Gasteiger partial charge < -0.3 is 15.4 Å². The van der Waals surface area contributed by atoms with Gasteiger partial charge >= 0.3 is 5.97 Å². The highest BCUT2D eigenvalue weighted by Gasteiger charge is 2.41. The minimum atomic E-state index is -0.374. The standard InChI is InChI=1S/C14H19N3O2/c1-16-7-11-5-10(16)8-17(11)9-3-4-13(15)12(6-9)14(18)19-2/h3-4,6,10-11H,5,7-8,15H2,1-2H3. The first-order valence-corrected chi connectivity index (χ1v) is 6.55. The molecule has 0 radical (unpaired) electrons. The quantitative estimate of drug-likeness (QED) is 0.634. The van der Waals surface area contributed by atoms with Gasteiger partial charge in [-0.05, 0) is 31.7 Å². The van der Waals surface area contributed by atoms with Crippen molar-refractivity contribution in [3.8, 4) is 0 Å². The zero-order valence-electron chi connectivity index (χ0n) is 11.3. The molecule has 2 fully saturated rings. The summed E-state index contributed by atoms with van der Waals surface area (Å²) in [7, 11) is 3.55. The number of likely N-dealkylation sites (tertiary alicyclic amines) is 1. The van der Waals surface area contributed by atoms with E-state index in [1.165, 1.54) is 13.5 Å². The minimum absolute atomic E-state index is 0.374. The zero-order chi connectivity index (χ0) is 13.6. The van der Waals surface area contributed by atoms with Crippen LogP contribution < -0.4 is 10.6 Å². The maximum absolute atomic E-state index is 11.7. The molecule has 2 unspecified atom stereocenters. The SMILES string of the molecule is COC(=O)c1cc(N2CC3CC2CN3C)ccc1N. The number of esters is 1. The van der Waals surface area contributed by atoms with Gasteiger partial charge in [0.05, 0.1) is 12.7 Å². The second kappa shape index (κ2) is 4.42. The van der Waals surface area contributed by atoms with Gasteiger partial charge in [0.25, 0.3) is 0 Å². The van der Waals surface area contributed by atoms with Crippen LogP contribution >= 0.6 is 0 Å². The number of likely N-dealkylation sites (N-methyl/N-ethyl adjacent to an activating group) is 1. The lowest BCUT2D eigenvalue weighted by atomic mass is 10.1. The van der Waals surface area contributed by atoms with Crippen LogP contribution in [-0.2, 0) is 4.74 Å². The molecular formula is C14H19N3O2. The largest absolute Gasteiger partial charge is 0.465 e. The first-order valence-electron chi connectivity index (χ1n) is 6.55. The van der Waals surface area contributed by atoms with Gasteiger partial charge in [-0.25, -0.2) is 4.79 Å². The number of benzene rings is 1. The van der Waals surface area contributed by atoms with Crippen LogP contribution in [0.15, 0.2) is 18.2 Å². The number of fused-ring (bicyclic) bond motifs is 2. The zero-order valence-corrected chi connectivity index (χ0v) is 11.3. The number of rotatable bonds is 2. The van der Waals surface area contributed by atoms with E-state index in [4.69, 9.17) is 10.5 Å². The van der Waals surface area contributed by atoms with Crippen LogP contribution in [-0.4, -0.2) is 50.2 Å². The summed E-state index contributed by atoms with van der Waals surface area (Å²) in [6.07, 6.45) is 1.20. The van der Waals surface area contributed by atoms with Crippen LogP contribution in [0, 0.1) is 0 Å². The molecule has 0 aliphatic carbocycles. The van der Waals surface area contributed by atoms with E-state index in [2.05, 4.69) is 16.8 Å². The molecular weight excluding hydrogens is 242 g/mol. The van der Waals surface area contributed by atoms with Crippen molar-refractivity contribution in [1.82, 2.24) is 4.90 Å². The Morgan fingerprint density at radius 3 is 2.74 bits per heavy atom. The molecule has 2 atom stereocenters. The first kappa shape index (κ1) is 12.3. The lowest BCUT2D eigenvalue weighted by Gasteiger charge is -2.33. The second-order valence-corrected chi connectivity index (χ2v) is 5.40. The number of nitrogen functional groups attached to an aromatic ring is 1. The molecule has 5 nitrogen and oxygen atoms in total. The molecule has 2 saturated heterocycles. The number of hydrogen-bond donors (Lipinski definition) is 1. The Hall–Kier alpha value is -1.75. The van der Waals surface area contributed by atoms with E-state index in [-0.39, 0.29) is 5.97 Å². The Balaban J connectivity index is 1.89. The molecule has 0 spiro atoms. The summed E-state index contributed by atoms with van der Waals surface area (Å²) in [5.74, 6) is -0.374. The van der Waals surface area contributed by atoms with Crippen molar-refractivity contribution in [2.24, 2.45) is 0 Å². The smallest absolute Gasteiger partial charge is 0.340 e. The fraction of sp³-hybridized carbons (Fsp3) is 0.500. The molecule has 2 N–H and O–H groups in total. The van der Waals surface area contributed by atoms with E-state index in [1.54, 1.807) is 6.07 Å². The number of anilines is 2. The summed E-state index contributed by atoms with van der Waals surface area (Å²) >= 11 is 0. The van der Waals surface area contributed by atoms with Crippen LogP contribution in [0.3, 0.4) is 0 Å². The number of nitrogens with zero attached hydrogens (tertiary/aromatic N) is 2. The van der Waals surface area contributed by atoms with Gasteiger partial charge in [0.2, 0.25) is 0 Å². The van der Waals surface area contributed by atoms with E-state index in [1.807, 2.05) is 12.1 Å². The fourth-order valence-electron chi connectivity index (χ4n) is 3.19. The van der Waals surface area contributed by atoms with Crippen LogP contribution in [0.25, 0.3) is 0 Å². The average molecular weight is 261 g/mol. The van der Waals surface area contributed by atoms with Crippen molar-refractivity contribution in [3.63, 3.8) is 0 Å². The van der Waals surface area contributed by atoms with Crippen LogP contribution in [0.2, 0.25) is 0 Å². The van der Waals surface area contributed by atoms with Gasteiger partial charge in [-0.3, -0.25) is 4.90 Å². The highest BCUT2D eigenvalue weighted by molar-refractivity contribution is 5.96. The Kier molecular flexibility index (Phi) is 2.86. The summed E-state index contributed by atoms with van der Waals surface area (Å²) in [5.41, 5.74) is 7.82. The highest BCUT2D eigenvalue weighted by atomic mass is 16.5. The maximum Gasteiger partial charge on any atom is 0.340 e. The third-order valence-electron chi connectivity index (χ3n) is 4.29. The number of carbonyl (C=O) groups is 1. The normalized spacial score (nSPS) is 25.9. The number of nitrogens with two attached hydrogens (primary N) is 1. The molecule has 2 heterocycles. The van der Waals surface area contributed by atoms with Crippen molar-refractivity contribution in [3.05, 3.63) is 23.8 Å². The van der Waals surface area contributed by atoms with Gasteiger partial charge in [-0.2, -0.15) is 0 Å². The first-order chi connectivity index (χ1) is 9.10. The number of carbonyl (C=O) groups excluding carboxylic acids is 1. The second-order valence-electron chi connectivity index (χ2n) is 5.40. The van der Waals surface area contributed by atoms with Gasteiger partial charge in [-0.1, -0.05) is 0 Å². The molecule has 19 heavy (non-hydrogen) atoms. The molecule has 1 aromatic rings. The molecule has 2 aliphatic rings. The maximum atomic E-state index is 11.7. The van der Waals surface area contributed by atoms with E-state index in [9.17, 15) is 4.79 Å². The molecule has 5 heteroatoms. The lowest BCUT2D eigenvalue weighted by molar-refractivity contribution is 0.0602. The molecule has 3 rings (SSSR count). The summed E-state index contributed by atoms with van der Waals surface area (Å²) in [4.78, 5) is 16.5. The van der Waals surface area contributed by atoms with Crippen molar-refractivity contribution in [2.45, 2.75) is 18.5 Å². The Morgan fingerprint density at radius 1 is 1.37 bits per heavy atom. The topological polar surface area (TPSA) is 58.8 Å². The minimum Gasteiger partial charge on any atom is -0.465 e. The molecule has 1 aromatic carbocycles. The van der Waals surface area contributed by atoms with Crippen molar-refractivity contribution >= 4 is 17.3 Å².